The lowest BCUT2D eigenvalue weighted by atomic mass is 9.89. The van der Waals surface area contributed by atoms with E-state index in [9.17, 15) is 0 Å². The molecule has 3 fully saturated rings. The standard InChI is InChI=1S/C21H35N7/c22-20(26-12-14-27(15-13-26)21-23-9-5-10-24-21)25-16-19-8-4-11-28(19)17-18-6-2-1-3-7-18/h5,9-10,18-19H,1-4,6-8,11-17H2,(H2,22,25). The number of guanidine groups is 1. The molecule has 0 radical (unpaired) electrons. The topological polar surface area (TPSA) is 73.9 Å². The van der Waals surface area contributed by atoms with Crippen LogP contribution in [0, 0.1) is 5.92 Å². The molecule has 1 unspecified atom stereocenters. The molecule has 0 aromatic carbocycles. The van der Waals surface area contributed by atoms with Crippen molar-refractivity contribution in [1.82, 2.24) is 19.8 Å². The number of aromatic nitrogens is 2. The SMILES string of the molecule is NC(=NCC1CCCN1CC1CCCCC1)N1CCN(c2ncccn2)CC1. The van der Waals surface area contributed by atoms with Crippen molar-refractivity contribution in [3.05, 3.63) is 18.5 Å². The Hall–Kier alpha value is -1.89. The molecular formula is C21H35N7. The summed E-state index contributed by atoms with van der Waals surface area (Å²) in [6.45, 7) is 6.89. The predicted octanol–water partition coefficient (Wildman–Crippen LogP) is 1.96. The Labute approximate surface area is 169 Å². The van der Waals surface area contributed by atoms with Gasteiger partial charge in [-0.3, -0.25) is 9.89 Å². The van der Waals surface area contributed by atoms with Crippen LogP contribution in [-0.4, -0.2) is 77.6 Å². The lowest BCUT2D eigenvalue weighted by molar-refractivity contribution is 0.190. The molecule has 3 heterocycles. The van der Waals surface area contributed by atoms with E-state index in [1.54, 1.807) is 12.4 Å². The maximum absolute atomic E-state index is 6.35. The van der Waals surface area contributed by atoms with Crippen molar-refractivity contribution >= 4 is 11.9 Å². The lowest BCUT2D eigenvalue weighted by Gasteiger charge is -2.35. The Bertz CT molecular complexity index is 621. The zero-order valence-corrected chi connectivity index (χ0v) is 17.0. The number of rotatable bonds is 5. The van der Waals surface area contributed by atoms with Crippen molar-refractivity contribution in [1.29, 1.82) is 0 Å². The fourth-order valence-electron chi connectivity index (χ4n) is 4.93. The Balaban J connectivity index is 1.25. The first-order valence-corrected chi connectivity index (χ1v) is 11.1. The van der Waals surface area contributed by atoms with E-state index in [0.717, 1.165) is 44.6 Å². The van der Waals surface area contributed by atoms with E-state index in [1.165, 1.54) is 58.0 Å². The first-order valence-electron chi connectivity index (χ1n) is 11.1. The van der Waals surface area contributed by atoms with Gasteiger partial charge in [0.15, 0.2) is 5.96 Å². The minimum atomic E-state index is 0.583. The van der Waals surface area contributed by atoms with Crippen LogP contribution in [0.1, 0.15) is 44.9 Å². The van der Waals surface area contributed by atoms with Gasteiger partial charge in [-0.2, -0.15) is 0 Å². The van der Waals surface area contributed by atoms with Crippen molar-refractivity contribution in [3.63, 3.8) is 0 Å². The van der Waals surface area contributed by atoms with Crippen molar-refractivity contribution in [2.24, 2.45) is 16.6 Å². The molecule has 0 bridgehead atoms. The van der Waals surface area contributed by atoms with Crippen molar-refractivity contribution < 1.29 is 0 Å². The molecule has 1 saturated carbocycles. The van der Waals surface area contributed by atoms with Crippen molar-refractivity contribution in [2.45, 2.75) is 51.0 Å². The molecule has 7 heteroatoms. The van der Waals surface area contributed by atoms with Gasteiger partial charge in [0.1, 0.15) is 0 Å². The van der Waals surface area contributed by atoms with Gasteiger partial charge in [0.2, 0.25) is 5.95 Å². The number of anilines is 1. The third-order valence-electron chi connectivity index (χ3n) is 6.62. The number of aliphatic imine (C=N–C) groups is 1. The molecule has 1 aliphatic carbocycles. The molecule has 1 aromatic rings. The van der Waals surface area contributed by atoms with Gasteiger partial charge in [-0.25, -0.2) is 9.97 Å². The van der Waals surface area contributed by atoms with Gasteiger partial charge in [-0.1, -0.05) is 19.3 Å². The largest absolute Gasteiger partial charge is 0.370 e. The van der Waals surface area contributed by atoms with Crippen LogP contribution < -0.4 is 10.6 Å². The van der Waals surface area contributed by atoms with Gasteiger partial charge in [0.05, 0.1) is 6.54 Å². The van der Waals surface area contributed by atoms with Crippen molar-refractivity contribution in [2.75, 3.05) is 50.7 Å². The summed E-state index contributed by atoms with van der Waals surface area (Å²) in [5.41, 5.74) is 6.35. The monoisotopic (exact) mass is 385 g/mol. The summed E-state index contributed by atoms with van der Waals surface area (Å²) < 4.78 is 0. The van der Waals surface area contributed by atoms with Crippen LogP contribution in [0.25, 0.3) is 0 Å². The minimum absolute atomic E-state index is 0.583. The van der Waals surface area contributed by atoms with Gasteiger partial charge in [-0.05, 0) is 44.2 Å². The molecule has 154 valence electrons. The van der Waals surface area contributed by atoms with Gasteiger partial charge in [-0.15, -0.1) is 0 Å². The molecule has 3 aliphatic rings. The fraction of sp³-hybridized carbons (Fsp3) is 0.762. The molecule has 2 saturated heterocycles. The second kappa shape index (κ2) is 9.54. The van der Waals surface area contributed by atoms with Crippen molar-refractivity contribution in [3.8, 4) is 0 Å². The molecule has 4 rings (SSSR count). The Morgan fingerprint density at radius 1 is 0.964 bits per heavy atom. The molecule has 0 amide bonds. The van der Waals surface area contributed by atoms with E-state index in [0.29, 0.717) is 12.0 Å². The number of nitrogens with zero attached hydrogens (tertiary/aromatic N) is 6. The maximum atomic E-state index is 6.35. The normalized spacial score (nSPS) is 25.4. The first-order chi connectivity index (χ1) is 13.8. The highest BCUT2D eigenvalue weighted by Gasteiger charge is 2.27. The molecule has 0 spiro atoms. The van der Waals surface area contributed by atoms with Crippen LogP contribution in [0.2, 0.25) is 0 Å². The van der Waals surface area contributed by atoms with E-state index in [-0.39, 0.29) is 0 Å². The number of nitrogens with two attached hydrogens (primary N) is 1. The number of piperazine rings is 1. The third kappa shape index (κ3) is 4.93. The Kier molecular flexibility index (Phi) is 6.62. The van der Waals surface area contributed by atoms with Crippen LogP contribution in [-0.2, 0) is 0 Å². The molecule has 2 aliphatic heterocycles. The van der Waals surface area contributed by atoms with Gasteiger partial charge in [0, 0.05) is 51.2 Å². The van der Waals surface area contributed by atoms with Gasteiger partial charge in [0.25, 0.3) is 0 Å². The lowest BCUT2D eigenvalue weighted by Crippen LogP contribution is -2.51. The molecular weight excluding hydrogens is 350 g/mol. The molecule has 28 heavy (non-hydrogen) atoms. The second-order valence-electron chi connectivity index (χ2n) is 8.52. The van der Waals surface area contributed by atoms with E-state index in [4.69, 9.17) is 10.7 Å². The highest BCUT2D eigenvalue weighted by atomic mass is 15.4. The highest BCUT2D eigenvalue weighted by Crippen LogP contribution is 2.27. The minimum Gasteiger partial charge on any atom is -0.370 e. The molecule has 7 nitrogen and oxygen atoms in total. The fourth-order valence-corrected chi connectivity index (χ4v) is 4.93. The zero-order valence-electron chi connectivity index (χ0n) is 17.0. The smallest absolute Gasteiger partial charge is 0.225 e. The number of hydrogen-bond donors (Lipinski definition) is 1. The van der Waals surface area contributed by atoms with E-state index in [2.05, 4.69) is 24.7 Å². The summed E-state index contributed by atoms with van der Waals surface area (Å²) in [6, 6.07) is 2.44. The highest BCUT2D eigenvalue weighted by molar-refractivity contribution is 5.78. The van der Waals surface area contributed by atoms with Crippen LogP contribution in [0.4, 0.5) is 5.95 Å². The first kappa shape index (κ1) is 19.4. The quantitative estimate of drug-likeness (QED) is 0.617. The predicted molar refractivity (Wildman–Crippen MR) is 113 cm³/mol. The van der Waals surface area contributed by atoms with Crippen LogP contribution >= 0.6 is 0 Å². The van der Waals surface area contributed by atoms with Gasteiger partial charge < -0.3 is 15.5 Å². The molecule has 1 aromatic heterocycles. The summed E-state index contributed by atoms with van der Waals surface area (Å²) in [4.78, 5) is 20.6. The Morgan fingerprint density at radius 3 is 2.46 bits per heavy atom. The summed E-state index contributed by atoms with van der Waals surface area (Å²) in [6.07, 6.45) is 13.3. The van der Waals surface area contributed by atoms with Crippen LogP contribution in [0.15, 0.2) is 23.5 Å². The summed E-state index contributed by atoms with van der Waals surface area (Å²) >= 11 is 0. The average molecular weight is 386 g/mol. The summed E-state index contributed by atoms with van der Waals surface area (Å²) in [7, 11) is 0. The number of hydrogen-bond acceptors (Lipinski definition) is 5. The summed E-state index contributed by atoms with van der Waals surface area (Å²) in [5, 5.41) is 0. The average Bonchev–Trinajstić information content (AvgIpc) is 3.20. The zero-order chi connectivity index (χ0) is 19.2. The Morgan fingerprint density at radius 2 is 1.71 bits per heavy atom. The third-order valence-corrected chi connectivity index (χ3v) is 6.62. The summed E-state index contributed by atoms with van der Waals surface area (Å²) in [5.74, 6) is 2.42. The van der Waals surface area contributed by atoms with Crippen LogP contribution in [0.3, 0.4) is 0 Å². The molecule has 2 N–H and O–H groups in total. The second-order valence-corrected chi connectivity index (χ2v) is 8.52. The van der Waals surface area contributed by atoms with Crippen LogP contribution in [0.5, 0.6) is 0 Å². The van der Waals surface area contributed by atoms with E-state index >= 15 is 0 Å². The maximum Gasteiger partial charge on any atom is 0.225 e. The van der Waals surface area contributed by atoms with E-state index < -0.39 is 0 Å². The van der Waals surface area contributed by atoms with Gasteiger partial charge >= 0.3 is 0 Å². The number of likely N-dealkylation sites (tertiary alicyclic amines) is 1. The van der Waals surface area contributed by atoms with E-state index in [1.807, 2.05) is 6.07 Å². The molecule has 1 atom stereocenters.